The summed E-state index contributed by atoms with van der Waals surface area (Å²) in [5.41, 5.74) is -0.00860. The molecular weight excluding hydrogens is 462 g/mol. The molecule has 0 spiro atoms. The highest BCUT2D eigenvalue weighted by molar-refractivity contribution is 6.25. The monoisotopic (exact) mass is 509 g/mol. The SMILES string of the molecule is CC(=O)O[C@@H]1CC[C@]2(C)[C@@H]3CC[C@]4(C)[C@H](CC[C@@H]4[C@H](C)CCCC(C)C)[C@@H]3C[C@H]([N+](=O)[O-])[C@@]2(Cl)C1. The first-order chi connectivity index (χ1) is 16.3. The average molecular weight is 510 g/mol. The van der Waals surface area contributed by atoms with Crippen LogP contribution in [0.4, 0.5) is 0 Å². The highest BCUT2D eigenvalue weighted by atomic mass is 35.5. The molecule has 10 atom stereocenters. The molecule has 4 aliphatic rings. The summed E-state index contributed by atoms with van der Waals surface area (Å²) in [5.74, 6) is 3.24. The van der Waals surface area contributed by atoms with Crippen molar-refractivity contribution in [3.8, 4) is 0 Å². The van der Waals surface area contributed by atoms with Crippen LogP contribution in [0.2, 0.25) is 0 Å². The smallest absolute Gasteiger partial charge is 0.302 e. The Morgan fingerprint density at radius 2 is 1.80 bits per heavy atom. The first-order valence-electron chi connectivity index (χ1n) is 14.3. The van der Waals surface area contributed by atoms with Gasteiger partial charge in [-0.1, -0.05) is 53.9 Å². The lowest BCUT2D eigenvalue weighted by molar-refractivity contribution is -0.543. The number of hydrogen-bond donors (Lipinski definition) is 0. The maximum absolute atomic E-state index is 12.5. The van der Waals surface area contributed by atoms with E-state index in [-0.39, 0.29) is 27.8 Å². The van der Waals surface area contributed by atoms with Crippen molar-refractivity contribution in [2.45, 2.75) is 129 Å². The molecule has 0 radical (unpaired) electrons. The molecule has 35 heavy (non-hydrogen) atoms. The summed E-state index contributed by atoms with van der Waals surface area (Å²) >= 11 is 7.38. The van der Waals surface area contributed by atoms with Gasteiger partial charge in [-0.05, 0) is 84.9 Å². The first-order valence-corrected chi connectivity index (χ1v) is 14.7. The normalized spacial score (nSPS) is 45.8. The van der Waals surface area contributed by atoms with Crippen LogP contribution in [0.1, 0.15) is 112 Å². The number of rotatable bonds is 7. The van der Waals surface area contributed by atoms with E-state index >= 15 is 0 Å². The zero-order valence-corrected chi connectivity index (χ0v) is 23.6. The molecule has 0 heterocycles. The van der Waals surface area contributed by atoms with Gasteiger partial charge in [0.25, 0.3) is 0 Å². The van der Waals surface area contributed by atoms with Crippen molar-refractivity contribution in [3.05, 3.63) is 10.1 Å². The van der Waals surface area contributed by atoms with Gasteiger partial charge in [-0.3, -0.25) is 14.9 Å². The molecule has 6 heteroatoms. The van der Waals surface area contributed by atoms with Crippen molar-refractivity contribution >= 4 is 17.6 Å². The minimum atomic E-state index is -0.952. The van der Waals surface area contributed by atoms with E-state index in [4.69, 9.17) is 16.3 Å². The third-order valence-corrected chi connectivity index (χ3v) is 12.4. The molecule has 0 amide bonds. The summed E-state index contributed by atoms with van der Waals surface area (Å²) < 4.78 is 5.54. The second kappa shape index (κ2) is 9.80. The van der Waals surface area contributed by atoms with Crippen molar-refractivity contribution in [1.29, 1.82) is 0 Å². The van der Waals surface area contributed by atoms with E-state index in [0.717, 1.165) is 37.0 Å². The van der Waals surface area contributed by atoms with Gasteiger partial charge >= 0.3 is 5.97 Å². The molecule has 4 rings (SSSR count). The first kappa shape index (κ1) is 27.2. The minimum absolute atomic E-state index is 0.0927. The molecule has 0 aromatic carbocycles. The van der Waals surface area contributed by atoms with Gasteiger partial charge in [0, 0.05) is 24.7 Å². The van der Waals surface area contributed by atoms with Crippen molar-refractivity contribution in [3.63, 3.8) is 0 Å². The number of alkyl halides is 1. The fourth-order valence-electron chi connectivity index (χ4n) is 9.81. The topological polar surface area (TPSA) is 69.4 Å². The zero-order valence-electron chi connectivity index (χ0n) is 22.9. The van der Waals surface area contributed by atoms with Gasteiger partial charge in [0.1, 0.15) is 11.0 Å². The molecule has 0 aromatic heterocycles. The highest BCUT2D eigenvalue weighted by Crippen LogP contribution is 2.70. The number of fused-ring (bicyclic) bond motifs is 5. The molecule has 200 valence electrons. The van der Waals surface area contributed by atoms with Gasteiger partial charge in [0.15, 0.2) is 0 Å². The standard InChI is InChI=1S/C29H48ClNO4/c1-18(2)8-7-9-19(3)23-10-11-24-22-16-26(31(33)34)29(30)17-21(35-20(4)32)12-15-28(29,6)25(22)13-14-27(23,24)5/h18-19,21-26H,7-17H2,1-6H3/t19-,21-,22+,23-,24-,25-,26+,27+,28-,29+/m1/s1. The Bertz CT molecular complexity index is 819. The van der Waals surface area contributed by atoms with E-state index in [1.54, 1.807) is 0 Å². The number of halogens is 1. The van der Waals surface area contributed by atoms with Crippen LogP contribution >= 0.6 is 11.6 Å². The number of carbonyl (C=O) groups excluding carboxylic acids is 1. The van der Waals surface area contributed by atoms with E-state index in [1.165, 1.54) is 45.4 Å². The van der Waals surface area contributed by atoms with Crippen LogP contribution in [-0.4, -0.2) is 27.9 Å². The molecule has 4 saturated carbocycles. The molecule has 0 saturated heterocycles. The number of carbonyl (C=O) groups is 1. The molecule has 0 aliphatic heterocycles. The molecule has 0 N–H and O–H groups in total. The zero-order chi connectivity index (χ0) is 25.8. The van der Waals surface area contributed by atoms with E-state index in [1.807, 2.05) is 0 Å². The van der Waals surface area contributed by atoms with E-state index < -0.39 is 10.9 Å². The van der Waals surface area contributed by atoms with Crippen LogP contribution in [-0.2, 0) is 9.53 Å². The second-order valence-electron chi connectivity index (χ2n) is 13.7. The molecule has 0 unspecified atom stereocenters. The molecule has 0 bridgehead atoms. The Balaban J connectivity index is 1.58. The largest absolute Gasteiger partial charge is 0.462 e. The number of ether oxygens (including phenoxy) is 1. The number of nitrogens with zero attached hydrogens (tertiary/aromatic N) is 1. The lowest BCUT2D eigenvalue weighted by atomic mass is 9.43. The fraction of sp³-hybridized carbons (Fsp3) is 0.966. The van der Waals surface area contributed by atoms with E-state index in [9.17, 15) is 14.9 Å². The summed E-state index contributed by atoms with van der Waals surface area (Å²) in [7, 11) is 0. The second-order valence-corrected chi connectivity index (χ2v) is 14.4. The third-order valence-electron chi connectivity index (χ3n) is 11.5. The third kappa shape index (κ3) is 4.55. The average Bonchev–Trinajstić information content (AvgIpc) is 3.10. The molecule has 4 fully saturated rings. The van der Waals surface area contributed by atoms with E-state index in [0.29, 0.717) is 30.6 Å². The Labute approximate surface area is 217 Å². The van der Waals surface area contributed by atoms with Gasteiger partial charge in [-0.2, -0.15) is 0 Å². The minimum Gasteiger partial charge on any atom is -0.462 e. The van der Waals surface area contributed by atoms with E-state index in [2.05, 4.69) is 34.6 Å². The van der Waals surface area contributed by atoms with Gasteiger partial charge in [0.05, 0.1) is 0 Å². The van der Waals surface area contributed by atoms with Crippen LogP contribution in [0.5, 0.6) is 0 Å². The number of nitro groups is 1. The summed E-state index contributed by atoms with van der Waals surface area (Å²) in [6, 6.07) is -0.779. The summed E-state index contributed by atoms with van der Waals surface area (Å²) in [5, 5.41) is 12.5. The van der Waals surface area contributed by atoms with Crippen LogP contribution in [0.25, 0.3) is 0 Å². The quantitative estimate of drug-likeness (QED) is 0.153. The van der Waals surface area contributed by atoms with Crippen LogP contribution < -0.4 is 0 Å². The van der Waals surface area contributed by atoms with Crippen molar-refractivity contribution in [2.24, 2.45) is 46.3 Å². The van der Waals surface area contributed by atoms with Crippen molar-refractivity contribution in [1.82, 2.24) is 0 Å². The van der Waals surface area contributed by atoms with Gasteiger partial charge < -0.3 is 4.74 Å². The van der Waals surface area contributed by atoms with Crippen molar-refractivity contribution in [2.75, 3.05) is 0 Å². The Morgan fingerprint density at radius 1 is 1.09 bits per heavy atom. The fourth-order valence-corrected chi connectivity index (χ4v) is 10.4. The number of hydrogen-bond acceptors (Lipinski definition) is 4. The summed E-state index contributed by atoms with van der Waals surface area (Å²) in [6.07, 6.45) is 11.0. The molecular formula is C29H48ClNO4. The van der Waals surface area contributed by atoms with Gasteiger partial charge in [0.2, 0.25) is 6.04 Å². The van der Waals surface area contributed by atoms with Crippen molar-refractivity contribution < 1.29 is 14.5 Å². The lowest BCUT2D eigenvalue weighted by Crippen LogP contribution is -2.67. The predicted octanol–water partition coefficient (Wildman–Crippen LogP) is 7.66. The van der Waals surface area contributed by atoms with Crippen LogP contribution in [0, 0.1) is 56.5 Å². The van der Waals surface area contributed by atoms with Gasteiger partial charge in [-0.25, -0.2) is 0 Å². The summed E-state index contributed by atoms with van der Waals surface area (Å²) in [6.45, 7) is 13.3. The number of esters is 1. The predicted molar refractivity (Wildman–Crippen MR) is 140 cm³/mol. The molecule has 5 nitrogen and oxygen atoms in total. The van der Waals surface area contributed by atoms with Crippen LogP contribution in [0.3, 0.4) is 0 Å². The highest BCUT2D eigenvalue weighted by Gasteiger charge is 2.71. The maximum atomic E-state index is 12.5. The lowest BCUT2D eigenvalue weighted by Gasteiger charge is -2.64. The Hall–Kier alpha value is -0.840. The van der Waals surface area contributed by atoms with Gasteiger partial charge in [-0.15, -0.1) is 11.6 Å². The Kier molecular flexibility index (Phi) is 7.62. The molecule has 0 aromatic rings. The Morgan fingerprint density at radius 3 is 2.43 bits per heavy atom. The maximum Gasteiger partial charge on any atom is 0.302 e. The van der Waals surface area contributed by atoms with Crippen LogP contribution in [0.15, 0.2) is 0 Å². The molecule has 4 aliphatic carbocycles. The summed E-state index contributed by atoms with van der Waals surface area (Å²) in [4.78, 5) is 23.1.